The zero-order chi connectivity index (χ0) is 18.1. The highest BCUT2D eigenvalue weighted by atomic mass is 16.5. The number of ether oxygens (including phenoxy) is 2. The van der Waals surface area contributed by atoms with Gasteiger partial charge in [0.15, 0.2) is 0 Å². The molecule has 0 radical (unpaired) electrons. The summed E-state index contributed by atoms with van der Waals surface area (Å²) in [5, 5.41) is 11.0. The molecule has 0 aliphatic carbocycles. The topological polar surface area (TPSA) is 80.4 Å². The Hall–Kier alpha value is -2.79. The fraction of sp³-hybridized carbons (Fsp3) is 0.286. The molecule has 1 saturated heterocycles. The van der Waals surface area contributed by atoms with Crippen LogP contribution in [0.25, 0.3) is 5.57 Å². The number of fused-ring (bicyclic) bond motifs is 1. The zero-order valence-electron chi connectivity index (χ0n) is 14.8. The van der Waals surface area contributed by atoms with Gasteiger partial charge in [-0.25, -0.2) is 0 Å². The van der Waals surface area contributed by atoms with Crippen LogP contribution in [-0.2, 0) is 0 Å². The molecule has 5 heteroatoms. The fourth-order valence-corrected chi connectivity index (χ4v) is 3.77. The quantitative estimate of drug-likeness (QED) is 0.588. The molecule has 2 aromatic rings. The van der Waals surface area contributed by atoms with Gasteiger partial charge in [-0.2, -0.15) is 0 Å². The number of piperidine rings is 1. The predicted molar refractivity (Wildman–Crippen MR) is 103 cm³/mol. The summed E-state index contributed by atoms with van der Waals surface area (Å²) in [5.41, 5.74) is 9.19. The van der Waals surface area contributed by atoms with Crippen molar-refractivity contribution in [1.29, 1.82) is 5.41 Å². The Balaban J connectivity index is 1.86. The highest BCUT2D eigenvalue weighted by Crippen LogP contribution is 2.46. The van der Waals surface area contributed by atoms with Crippen LogP contribution in [0, 0.1) is 5.41 Å². The van der Waals surface area contributed by atoms with E-state index in [2.05, 4.69) is 11.4 Å². The van der Waals surface area contributed by atoms with Gasteiger partial charge in [0, 0.05) is 18.4 Å². The highest BCUT2D eigenvalue weighted by molar-refractivity contribution is 5.96. The first kappa shape index (κ1) is 16.7. The molecule has 0 atom stereocenters. The van der Waals surface area contributed by atoms with Gasteiger partial charge >= 0.3 is 0 Å². The lowest BCUT2D eigenvalue weighted by atomic mass is 9.83. The molecule has 0 bridgehead atoms. The van der Waals surface area contributed by atoms with Crippen LogP contribution < -0.4 is 20.5 Å². The van der Waals surface area contributed by atoms with Crippen LogP contribution in [0.4, 0.5) is 0 Å². The van der Waals surface area contributed by atoms with E-state index in [4.69, 9.17) is 20.6 Å². The summed E-state index contributed by atoms with van der Waals surface area (Å²) < 4.78 is 12.1. The minimum absolute atomic E-state index is 0.0744. The third kappa shape index (κ3) is 2.84. The normalized spacial score (nSPS) is 17.8. The number of nitrogen functional groups attached to an aromatic ring is 1. The van der Waals surface area contributed by atoms with Crippen LogP contribution in [0.5, 0.6) is 11.5 Å². The Morgan fingerprint density at radius 3 is 2.54 bits per heavy atom. The third-order valence-corrected chi connectivity index (χ3v) is 5.15. The molecule has 4 rings (SSSR count). The maximum Gasteiger partial charge on any atom is 0.132 e. The van der Waals surface area contributed by atoms with Crippen LogP contribution in [-0.4, -0.2) is 31.6 Å². The van der Waals surface area contributed by atoms with Crippen molar-refractivity contribution in [2.45, 2.75) is 18.4 Å². The van der Waals surface area contributed by atoms with Gasteiger partial charge in [0.2, 0.25) is 0 Å². The van der Waals surface area contributed by atoms with Crippen molar-refractivity contribution in [3.05, 3.63) is 65.2 Å². The van der Waals surface area contributed by atoms with E-state index in [-0.39, 0.29) is 11.4 Å². The van der Waals surface area contributed by atoms with E-state index in [1.165, 1.54) is 0 Å². The van der Waals surface area contributed by atoms with Gasteiger partial charge in [-0.15, -0.1) is 0 Å². The highest BCUT2D eigenvalue weighted by Gasteiger charge is 2.38. The molecular weight excluding hydrogens is 326 g/mol. The lowest BCUT2D eigenvalue weighted by Gasteiger charge is -2.40. The van der Waals surface area contributed by atoms with Crippen molar-refractivity contribution in [1.82, 2.24) is 5.32 Å². The maximum atomic E-state index is 7.60. The summed E-state index contributed by atoms with van der Waals surface area (Å²) in [4.78, 5) is 0. The molecule has 2 heterocycles. The molecule has 1 fully saturated rings. The number of nitrogens with two attached hydrogens (primary N) is 1. The number of hydrogen-bond acceptors (Lipinski definition) is 4. The molecule has 0 unspecified atom stereocenters. The minimum atomic E-state index is -0.292. The molecule has 0 aromatic heterocycles. The summed E-state index contributed by atoms with van der Waals surface area (Å²) in [7, 11) is 1.68. The number of benzene rings is 2. The molecule has 2 aliphatic heterocycles. The number of amidine groups is 1. The van der Waals surface area contributed by atoms with Gasteiger partial charge in [-0.3, -0.25) is 5.41 Å². The SMILES string of the molecule is COc1cccc2c1C(c1ccc(C(=N)N)cc1)=CC1(CCNCC1)O2. The zero-order valence-corrected chi connectivity index (χ0v) is 14.8. The van der Waals surface area contributed by atoms with E-state index in [0.717, 1.165) is 59.7 Å². The molecule has 1 spiro atoms. The second-order valence-electron chi connectivity index (χ2n) is 6.80. The summed E-state index contributed by atoms with van der Waals surface area (Å²) in [6, 6.07) is 13.7. The van der Waals surface area contributed by atoms with E-state index in [1.54, 1.807) is 7.11 Å². The molecule has 4 N–H and O–H groups in total. The number of methoxy groups -OCH3 is 1. The van der Waals surface area contributed by atoms with Gasteiger partial charge in [0.25, 0.3) is 0 Å². The number of hydrogen-bond donors (Lipinski definition) is 3. The Morgan fingerprint density at radius 1 is 1.15 bits per heavy atom. The van der Waals surface area contributed by atoms with E-state index < -0.39 is 0 Å². The van der Waals surface area contributed by atoms with Gasteiger partial charge in [0.1, 0.15) is 22.9 Å². The van der Waals surface area contributed by atoms with Gasteiger partial charge in [-0.1, -0.05) is 30.3 Å². The van der Waals surface area contributed by atoms with Crippen molar-refractivity contribution in [3.63, 3.8) is 0 Å². The van der Waals surface area contributed by atoms with E-state index in [1.807, 2.05) is 42.5 Å². The van der Waals surface area contributed by atoms with Crippen molar-refractivity contribution in [2.24, 2.45) is 5.73 Å². The maximum absolute atomic E-state index is 7.60. The first-order chi connectivity index (χ1) is 12.6. The summed E-state index contributed by atoms with van der Waals surface area (Å²) in [6.07, 6.45) is 4.11. The number of nitrogens with one attached hydrogen (secondary N) is 2. The Kier molecular flexibility index (Phi) is 4.17. The van der Waals surface area contributed by atoms with E-state index >= 15 is 0 Å². The lowest BCUT2D eigenvalue weighted by Crippen LogP contribution is -2.46. The van der Waals surface area contributed by atoms with E-state index in [9.17, 15) is 0 Å². The molecular formula is C21H23N3O2. The Morgan fingerprint density at radius 2 is 1.88 bits per heavy atom. The van der Waals surface area contributed by atoms with E-state index in [0.29, 0.717) is 0 Å². The second-order valence-corrected chi connectivity index (χ2v) is 6.80. The second kappa shape index (κ2) is 6.50. The molecule has 134 valence electrons. The smallest absolute Gasteiger partial charge is 0.132 e. The Labute approximate surface area is 153 Å². The van der Waals surface area contributed by atoms with Crippen LogP contribution in [0.15, 0.2) is 48.5 Å². The lowest BCUT2D eigenvalue weighted by molar-refractivity contribution is 0.0813. The first-order valence-electron chi connectivity index (χ1n) is 8.87. The van der Waals surface area contributed by atoms with Crippen LogP contribution >= 0.6 is 0 Å². The molecule has 26 heavy (non-hydrogen) atoms. The average Bonchev–Trinajstić information content (AvgIpc) is 2.67. The van der Waals surface area contributed by atoms with Crippen molar-refractivity contribution in [3.8, 4) is 11.5 Å². The number of rotatable bonds is 3. The molecule has 5 nitrogen and oxygen atoms in total. The monoisotopic (exact) mass is 349 g/mol. The minimum Gasteiger partial charge on any atom is -0.496 e. The van der Waals surface area contributed by atoms with Crippen LogP contribution in [0.2, 0.25) is 0 Å². The van der Waals surface area contributed by atoms with Crippen LogP contribution in [0.3, 0.4) is 0 Å². The summed E-state index contributed by atoms with van der Waals surface area (Å²) in [6.45, 7) is 1.87. The van der Waals surface area contributed by atoms with Crippen molar-refractivity contribution >= 4 is 11.4 Å². The summed E-state index contributed by atoms with van der Waals surface area (Å²) >= 11 is 0. The van der Waals surface area contributed by atoms with Gasteiger partial charge in [-0.05, 0) is 42.4 Å². The van der Waals surface area contributed by atoms with Gasteiger partial charge < -0.3 is 20.5 Å². The molecule has 0 saturated carbocycles. The molecule has 2 aromatic carbocycles. The van der Waals surface area contributed by atoms with Crippen molar-refractivity contribution in [2.75, 3.05) is 20.2 Å². The van der Waals surface area contributed by atoms with Gasteiger partial charge in [0.05, 0.1) is 12.7 Å². The third-order valence-electron chi connectivity index (χ3n) is 5.15. The largest absolute Gasteiger partial charge is 0.496 e. The fourth-order valence-electron chi connectivity index (χ4n) is 3.77. The standard InChI is InChI=1S/C21H23N3O2/c1-25-17-3-2-4-18-19(17)16(13-21(26-18)9-11-24-12-10-21)14-5-7-15(8-6-14)20(22)23/h2-8,13,24H,9-12H2,1H3,(H3,22,23). The Bertz CT molecular complexity index is 865. The molecule has 0 amide bonds. The van der Waals surface area contributed by atoms with Crippen molar-refractivity contribution < 1.29 is 9.47 Å². The van der Waals surface area contributed by atoms with Crippen LogP contribution in [0.1, 0.15) is 29.5 Å². The predicted octanol–water partition coefficient (Wildman–Crippen LogP) is 2.93. The average molecular weight is 349 g/mol. The molecule has 2 aliphatic rings. The first-order valence-corrected chi connectivity index (χ1v) is 8.87. The summed E-state index contributed by atoms with van der Waals surface area (Å²) in [5.74, 6) is 1.73.